The zero-order chi connectivity index (χ0) is 21.5. The van der Waals surface area contributed by atoms with Crippen molar-refractivity contribution in [3.63, 3.8) is 0 Å². The Labute approximate surface area is 177 Å². The van der Waals surface area contributed by atoms with Crippen molar-refractivity contribution in [1.82, 2.24) is 0 Å². The lowest BCUT2D eigenvalue weighted by Crippen LogP contribution is -2.50. The summed E-state index contributed by atoms with van der Waals surface area (Å²) in [4.78, 5) is 15.1. The zero-order valence-electron chi connectivity index (χ0n) is 17.2. The van der Waals surface area contributed by atoms with E-state index < -0.39 is 16.1 Å². The van der Waals surface area contributed by atoms with E-state index in [9.17, 15) is 13.2 Å². The fourth-order valence-electron chi connectivity index (χ4n) is 3.70. The highest BCUT2D eigenvalue weighted by Gasteiger charge is 2.42. The monoisotopic (exact) mass is 420 g/mol. The Morgan fingerprint density at radius 3 is 2.27 bits per heavy atom. The molecule has 0 unspecified atom stereocenters. The fourth-order valence-corrected chi connectivity index (χ4v) is 5.30. The first-order chi connectivity index (χ1) is 14.3. The van der Waals surface area contributed by atoms with Gasteiger partial charge in [-0.05, 0) is 48.2 Å². The quantitative estimate of drug-likeness (QED) is 0.564. The lowest BCUT2D eigenvalue weighted by Gasteiger charge is -2.36. The Kier molecular flexibility index (Phi) is 5.12. The summed E-state index contributed by atoms with van der Waals surface area (Å²) in [5, 5.41) is 0. The molecule has 0 spiro atoms. The third kappa shape index (κ3) is 3.48. The van der Waals surface area contributed by atoms with Crippen LogP contribution in [0.1, 0.15) is 36.5 Å². The summed E-state index contributed by atoms with van der Waals surface area (Å²) >= 11 is 0. The molecule has 154 valence electrons. The number of nitrogens with zero attached hydrogens (tertiary/aromatic N) is 2. The number of carbonyl (C=O) groups is 1. The number of anilines is 2. The average molecular weight is 421 g/mol. The summed E-state index contributed by atoms with van der Waals surface area (Å²) in [6, 6.07) is 21.1. The van der Waals surface area contributed by atoms with Crippen molar-refractivity contribution < 1.29 is 13.2 Å². The Hall–Kier alpha value is -3.12. The van der Waals surface area contributed by atoms with E-state index in [0.717, 1.165) is 21.0 Å². The minimum absolute atomic E-state index is 0.130. The van der Waals surface area contributed by atoms with Gasteiger partial charge in [0.05, 0.1) is 17.9 Å². The van der Waals surface area contributed by atoms with E-state index in [1.165, 1.54) is 4.90 Å². The normalized spacial score (nSPS) is 15.4. The third-order valence-electron chi connectivity index (χ3n) is 5.30. The summed E-state index contributed by atoms with van der Waals surface area (Å²) in [5.74, 6) is 0.311. The van der Waals surface area contributed by atoms with Crippen LogP contribution in [-0.2, 0) is 16.6 Å². The van der Waals surface area contributed by atoms with E-state index in [-0.39, 0.29) is 11.4 Å². The second-order valence-corrected chi connectivity index (χ2v) is 9.60. The van der Waals surface area contributed by atoms with Gasteiger partial charge in [0.2, 0.25) is 0 Å². The van der Waals surface area contributed by atoms with Crippen LogP contribution in [0.15, 0.2) is 77.7 Å². The lowest BCUT2D eigenvalue weighted by molar-refractivity contribution is 0.253. The first kappa shape index (κ1) is 20.2. The van der Waals surface area contributed by atoms with E-state index in [0.29, 0.717) is 17.3 Å². The molecule has 2 amide bonds. The number of sulfonamides is 1. The molecule has 0 aliphatic carbocycles. The van der Waals surface area contributed by atoms with Crippen molar-refractivity contribution >= 4 is 27.4 Å². The van der Waals surface area contributed by atoms with Crippen LogP contribution in [0, 0.1) is 6.92 Å². The number of para-hydroxylation sites is 1. The maximum absolute atomic E-state index is 13.5. The number of amides is 2. The van der Waals surface area contributed by atoms with Crippen molar-refractivity contribution in [1.29, 1.82) is 0 Å². The molecule has 1 aliphatic rings. The highest BCUT2D eigenvalue weighted by molar-refractivity contribution is 7.94. The van der Waals surface area contributed by atoms with Crippen molar-refractivity contribution in [2.45, 2.75) is 38.1 Å². The van der Waals surface area contributed by atoms with Crippen LogP contribution in [0.5, 0.6) is 0 Å². The van der Waals surface area contributed by atoms with E-state index in [4.69, 9.17) is 0 Å². The van der Waals surface area contributed by atoms with Gasteiger partial charge in [-0.2, -0.15) is 4.31 Å². The molecule has 0 aromatic heterocycles. The molecular weight excluding hydrogens is 396 g/mol. The molecule has 0 saturated heterocycles. The second-order valence-electron chi connectivity index (χ2n) is 7.84. The van der Waals surface area contributed by atoms with E-state index in [2.05, 4.69) is 13.8 Å². The van der Waals surface area contributed by atoms with Gasteiger partial charge in [0, 0.05) is 0 Å². The zero-order valence-corrected chi connectivity index (χ0v) is 18.1. The second kappa shape index (κ2) is 7.61. The number of hydrogen-bond donors (Lipinski definition) is 0. The number of aryl methyl sites for hydroxylation is 1. The third-order valence-corrected chi connectivity index (χ3v) is 7.05. The van der Waals surface area contributed by atoms with Gasteiger partial charge in [-0.15, -0.1) is 0 Å². The molecule has 0 atom stereocenters. The molecule has 0 N–H and O–H groups in total. The van der Waals surface area contributed by atoms with E-state index in [1.54, 1.807) is 36.4 Å². The summed E-state index contributed by atoms with van der Waals surface area (Å²) in [5.41, 5.74) is 3.84. The molecule has 3 aromatic carbocycles. The summed E-state index contributed by atoms with van der Waals surface area (Å²) in [6.07, 6.45) is 0. The standard InChI is InChI=1S/C24H24N2O3S/c1-17(2)20-11-13-21(14-12-20)26-24(27)25(16-19-8-6-7-18(3)15-19)22-9-4-5-10-23(22)30(26,28)29/h4-15,17H,16H2,1-3H3. The number of rotatable bonds is 4. The molecule has 5 nitrogen and oxygen atoms in total. The molecular formula is C24H24N2O3S. The molecule has 0 fully saturated rings. The minimum atomic E-state index is -4.01. The van der Waals surface area contributed by atoms with Gasteiger partial charge in [0.1, 0.15) is 4.90 Å². The Morgan fingerprint density at radius 1 is 0.900 bits per heavy atom. The van der Waals surface area contributed by atoms with Crippen LogP contribution in [0.4, 0.5) is 16.2 Å². The fraction of sp³-hybridized carbons (Fsp3) is 0.208. The average Bonchev–Trinajstić information content (AvgIpc) is 2.71. The van der Waals surface area contributed by atoms with Crippen molar-refractivity contribution in [2.75, 3.05) is 9.21 Å². The van der Waals surface area contributed by atoms with Gasteiger partial charge >= 0.3 is 6.03 Å². The molecule has 1 heterocycles. The van der Waals surface area contributed by atoms with Crippen LogP contribution >= 0.6 is 0 Å². The van der Waals surface area contributed by atoms with Crippen LogP contribution in [0.25, 0.3) is 0 Å². The van der Waals surface area contributed by atoms with Gasteiger partial charge in [0.25, 0.3) is 10.0 Å². The number of urea groups is 1. The van der Waals surface area contributed by atoms with Gasteiger partial charge in [-0.25, -0.2) is 13.2 Å². The molecule has 4 rings (SSSR count). The number of benzene rings is 3. The first-order valence-electron chi connectivity index (χ1n) is 9.90. The van der Waals surface area contributed by atoms with Crippen LogP contribution < -0.4 is 9.21 Å². The highest BCUT2D eigenvalue weighted by atomic mass is 32.2. The predicted molar refractivity (Wildman–Crippen MR) is 119 cm³/mol. The van der Waals surface area contributed by atoms with Gasteiger partial charge < -0.3 is 0 Å². The predicted octanol–water partition coefficient (Wildman–Crippen LogP) is 5.45. The summed E-state index contributed by atoms with van der Waals surface area (Å²) < 4.78 is 27.6. The highest BCUT2D eigenvalue weighted by Crippen LogP contribution is 2.38. The van der Waals surface area contributed by atoms with Gasteiger partial charge in [-0.3, -0.25) is 4.90 Å². The SMILES string of the molecule is Cc1cccc(CN2C(=O)N(c3ccc(C(C)C)cc3)S(=O)(=O)c3ccccc32)c1. The smallest absolute Gasteiger partial charge is 0.287 e. The maximum atomic E-state index is 13.5. The first-order valence-corrected chi connectivity index (χ1v) is 11.3. The van der Waals surface area contributed by atoms with Crippen LogP contribution in [0.3, 0.4) is 0 Å². The molecule has 1 aliphatic heterocycles. The number of hydrogen-bond acceptors (Lipinski definition) is 3. The summed E-state index contributed by atoms with van der Waals surface area (Å²) in [7, 11) is -4.01. The molecule has 0 saturated carbocycles. The maximum Gasteiger partial charge on any atom is 0.343 e. The Balaban J connectivity index is 1.83. The van der Waals surface area contributed by atoms with Crippen LogP contribution in [-0.4, -0.2) is 14.4 Å². The lowest BCUT2D eigenvalue weighted by atomic mass is 10.0. The summed E-state index contributed by atoms with van der Waals surface area (Å²) in [6.45, 7) is 6.41. The molecule has 0 radical (unpaired) electrons. The van der Waals surface area contributed by atoms with Crippen molar-refractivity contribution in [3.05, 3.63) is 89.5 Å². The van der Waals surface area contributed by atoms with Crippen molar-refractivity contribution in [2.24, 2.45) is 0 Å². The van der Waals surface area contributed by atoms with Gasteiger partial charge in [0.15, 0.2) is 0 Å². The van der Waals surface area contributed by atoms with E-state index in [1.807, 2.05) is 43.3 Å². The Bertz CT molecular complexity index is 1200. The van der Waals surface area contributed by atoms with Gasteiger partial charge in [-0.1, -0.05) is 67.9 Å². The number of carbonyl (C=O) groups excluding carboxylic acids is 1. The molecule has 0 bridgehead atoms. The molecule has 30 heavy (non-hydrogen) atoms. The topological polar surface area (TPSA) is 57.7 Å². The molecule has 6 heteroatoms. The largest absolute Gasteiger partial charge is 0.343 e. The Morgan fingerprint density at radius 2 is 1.60 bits per heavy atom. The minimum Gasteiger partial charge on any atom is -0.287 e. The van der Waals surface area contributed by atoms with Crippen LogP contribution in [0.2, 0.25) is 0 Å². The molecule has 3 aromatic rings. The van der Waals surface area contributed by atoms with E-state index >= 15 is 0 Å². The van der Waals surface area contributed by atoms with Crippen molar-refractivity contribution in [3.8, 4) is 0 Å². The number of fused-ring (bicyclic) bond motifs is 1.